The van der Waals surface area contributed by atoms with Gasteiger partial charge >= 0.3 is 0 Å². The third kappa shape index (κ3) is 4.96. The number of ether oxygens (including phenoxy) is 1. The Labute approximate surface area is 133 Å². The van der Waals surface area contributed by atoms with Gasteiger partial charge in [-0.25, -0.2) is 18.1 Å². The second-order valence-corrected chi connectivity index (χ2v) is 7.53. The number of sulfonamides is 1. The molecule has 114 valence electrons. The Hall–Kier alpha value is -0.210. The number of nitrogens with one attached hydrogen (secondary N) is 1. The minimum atomic E-state index is -3.74. The molecular weight excluding hydrogens is 368 g/mol. The summed E-state index contributed by atoms with van der Waals surface area (Å²) in [7, 11) is -3.74. The first-order valence-electron chi connectivity index (χ1n) is 6.19. The molecule has 1 aromatic rings. The van der Waals surface area contributed by atoms with Gasteiger partial charge in [0.1, 0.15) is 10.0 Å². The monoisotopic (exact) mass is 384 g/mol. The summed E-state index contributed by atoms with van der Waals surface area (Å²) in [6.45, 7) is 6.55. The highest BCUT2D eigenvalue weighted by atomic mass is 79.9. The maximum absolute atomic E-state index is 12.4. The lowest BCUT2D eigenvalue weighted by Gasteiger charge is -2.22. The molecule has 0 aliphatic carbocycles. The predicted molar refractivity (Wildman–Crippen MR) is 82.4 cm³/mol. The van der Waals surface area contributed by atoms with Crippen LogP contribution >= 0.6 is 27.5 Å². The predicted octanol–water partition coefficient (Wildman–Crippen LogP) is 2.84. The molecule has 5 nitrogen and oxygen atoms in total. The minimum absolute atomic E-state index is 0.0457. The molecule has 1 heterocycles. The average Bonchev–Trinajstić information content (AvgIpc) is 2.36. The van der Waals surface area contributed by atoms with Gasteiger partial charge in [-0.1, -0.05) is 25.4 Å². The van der Waals surface area contributed by atoms with E-state index in [1.165, 1.54) is 12.3 Å². The number of aromatic nitrogens is 1. The molecule has 0 spiro atoms. The second-order valence-electron chi connectivity index (χ2n) is 4.57. The zero-order valence-corrected chi connectivity index (χ0v) is 14.7. The molecule has 1 aromatic heterocycles. The lowest BCUT2D eigenvalue weighted by Crippen LogP contribution is -2.42. The fraction of sp³-hybridized carbons (Fsp3) is 0.583. The van der Waals surface area contributed by atoms with Crippen molar-refractivity contribution in [2.75, 3.05) is 13.2 Å². The summed E-state index contributed by atoms with van der Waals surface area (Å²) >= 11 is 9.05. The Morgan fingerprint density at radius 2 is 2.15 bits per heavy atom. The van der Waals surface area contributed by atoms with Crippen LogP contribution in [-0.2, 0) is 14.8 Å². The molecule has 0 aliphatic heterocycles. The Morgan fingerprint density at radius 1 is 1.50 bits per heavy atom. The number of rotatable bonds is 7. The van der Waals surface area contributed by atoms with E-state index in [0.717, 1.165) is 0 Å². The van der Waals surface area contributed by atoms with E-state index in [9.17, 15) is 8.42 Å². The molecule has 8 heteroatoms. The maximum atomic E-state index is 12.4. The van der Waals surface area contributed by atoms with Crippen molar-refractivity contribution in [3.05, 3.63) is 21.9 Å². The Bertz CT molecular complexity index is 552. The molecule has 0 amide bonds. The maximum Gasteiger partial charge on any atom is 0.244 e. The van der Waals surface area contributed by atoms with Gasteiger partial charge in [0.15, 0.2) is 0 Å². The molecule has 1 atom stereocenters. The van der Waals surface area contributed by atoms with E-state index >= 15 is 0 Å². The van der Waals surface area contributed by atoms with Crippen molar-refractivity contribution < 1.29 is 13.2 Å². The molecule has 0 saturated heterocycles. The van der Waals surface area contributed by atoms with Crippen LogP contribution in [0.25, 0.3) is 0 Å². The van der Waals surface area contributed by atoms with Gasteiger partial charge in [0.25, 0.3) is 0 Å². The first-order chi connectivity index (χ1) is 9.27. The van der Waals surface area contributed by atoms with Gasteiger partial charge in [-0.2, -0.15) is 0 Å². The standard InChI is InChI=1S/C12H18BrClN2O3S/c1-4-19-7-10(8(2)3)16-20(17,18)11-5-9(13)6-15-12(11)14/h5-6,8,10,16H,4,7H2,1-3H3. The molecule has 1 unspecified atom stereocenters. The van der Waals surface area contributed by atoms with E-state index in [1.54, 1.807) is 0 Å². The molecule has 1 rings (SSSR count). The SMILES string of the molecule is CCOCC(NS(=O)(=O)c1cc(Br)cnc1Cl)C(C)C. The quantitative estimate of drug-likeness (QED) is 0.733. The lowest BCUT2D eigenvalue weighted by molar-refractivity contribution is 0.116. The van der Waals surface area contributed by atoms with E-state index in [4.69, 9.17) is 16.3 Å². The van der Waals surface area contributed by atoms with Gasteiger partial charge in [-0.05, 0) is 34.8 Å². The van der Waals surface area contributed by atoms with Crippen molar-refractivity contribution in [1.82, 2.24) is 9.71 Å². The van der Waals surface area contributed by atoms with Crippen molar-refractivity contribution in [2.45, 2.75) is 31.7 Å². The summed E-state index contributed by atoms with van der Waals surface area (Å²) in [6.07, 6.45) is 1.45. The molecule has 0 aromatic carbocycles. The molecule has 0 radical (unpaired) electrons. The fourth-order valence-electron chi connectivity index (χ4n) is 1.46. The fourth-order valence-corrected chi connectivity index (χ4v) is 3.78. The number of hydrogen-bond acceptors (Lipinski definition) is 4. The van der Waals surface area contributed by atoms with Gasteiger partial charge in [0, 0.05) is 23.3 Å². The summed E-state index contributed by atoms with van der Waals surface area (Å²) in [5.74, 6) is 0.0928. The smallest absolute Gasteiger partial charge is 0.244 e. The van der Waals surface area contributed by atoms with Crippen LogP contribution in [0.2, 0.25) is 5.15 Å². The third-order valence-corrected chi connectivity index (χ3v) is 5.03. The first-order valence-corrected chi connectivity index (χ1v) is 8.84. The number of halogens is 2. The number of hydrogen-bond donors (Lipinski definition) is 1. The summed E-state index contributed by atoms with van der Waals surface area (Å²) in [5.41, 5.74) is 0. The Morgan fingerprint density at radius 3 is 2.70 bits per heavy atom. The second kappa shape index (κ2) is 7.70. The summed E-state index contributed by atoms with van der Waals surface area (Å²) < 4.78 is 33.2. The van der Waals surface area contributed by atoms with Crippen molar-refractivity contribution in [1.29, 1.82) is 0 Å². The van der Waals surface area contributed by atoms with E-state index in [1.807, 2.05) is 20.8 Å². The molecule has 0 aliphatic rings. The van der Waals surface area contributed by atoms with Crippen molar-refractivity contribution >= 4 is 37.6 Å². The zero-order valence-electron chi connectivity index (χ0n) is 11.6. The average molecular weight is 386 g/mol. The zero-order chi connectivity index (χ0) is 15.3. The van der Waals surface area contributed by atoms with Crippen LogP contribution in [0.4, 0.5) is 0 Å². The highest BCUT2D eigenvalue weighted by Crippen LogP contribution is 2.23. The molecule has 20 heavy (non-hydrogen) atoms. The Kier molecular flexibility index (Phi) is 6.87. The topological polar surface area (TPSA) is 68.3 Å². The normalized spacial score (nSPS) is 13.7. The van der Waals surface area contributed by atoms with Crippen LogP contribution in [0.5, 0.6) is 0 Å². The Balaban J connectivity index is 3.00. The molecule has 0 bridgehead atoms. The summed E-state index contributed by atoms with van der Waals surface area (Å²) in [6, 6.07) is 1.10. The molecular formula is C12H18BrClN2O3S. The van der Waals surface area contributed by atoms with Gasteiger partial charge < -0.3 is 4.74 Å². The van der Waals surface area contributed by atoms with E-state index in [-0.39, 0.29) is 22.0 Å². The highest BCUT2D eigenvalue weighted by Gasteiger charge is 2.25. The third-order valence-electron chi connectivity index (χ3n) is 2.68. The van der Waals surface area contributed by atoms with Crippen LogP contribution in [0.15, 0.2) is 21.6 Å². The van der Waals surface area contributed by atoms with Gasteiger partial charge in [0.05, 0.1) is 6.61 Å². The van der Waals surface area contributed by atoms with Gasteiger partial charge in [0.2, 0.25) is 10.0 Å². The highest BCUT2D eigenvalue weighted by molar-refractivity contribution is 9.10. The number of nitrogens with zero attached hydrogens (tertiary/aromatic N) is 1. The van der Waals surface area contributed by atoms with Crippen LogP contribution in [0.1, 0.15) is 20.8 Å². The summed E-state index contributed by atoms with van der Waals surface area (Å²) in [4.78, 5) is 3.78. The largest absolute Gasteiger partial charge is 0.380 e. The van der Waals surface area contributed by atoms with E-state index in [2.05, 4.69) is 25.6 Å². The van der Waals surface area contributed by atoms with Crippen molar-refractivity contribution in [2.24, 2.45) is 5.92 Å². The lowest BCUT2D eigenvalue weighted by atomic mass is 10.1. The van der Waals surface area contributed by atoms with Crippen LogP contribution in [-0.4, -0.2) is 32.7 Å². The first kappa shape index (κ1) is 17.8. The minimum Gasteiger partial charge on any atom is -0.380 e. The van der Waals surface area contributed by atoms with Crippen LogP contribution < -0.4 is 4.72 Å². The van der Waals surface area contributed by atoms with Gasteiger partial charge in [-0.3, -0.25) is 0 Å². The number of pyridine rings is 1. The van der Waals surface area contributed by atoms with E-state index in [0.29, 0.717) is 17.7 Å². The molecule has 1 N–H and O–H groups in total. The van der Waals surface area contributed by atoms with E-state index < -0.39 is 10.0 Å². The summed E-state index contributed by atoms with van der Waals surface area (Å²) in [5, 5.41) is -0.0559. The molecule has 0 saturated carbocycles. The van der Waals surface area contributed by atoms with Crippen LogP contribution in [0.3, 0.4) is 0 Å². The van der Waals surface area contributed by atoms with Crippen LogP contribution in [0, 0.1) is 5.92 Å². The van der Waals surface area contributed by atoms with Crippen molar-refractivity contribution in [3.63, 3.8) is 0 Å². The van der Waals surface area contributed by atoms with Gasteiger partial charge in [-0.15, -0.1) is 0 Å². The van der Waals surface area contributed by atoms with Crippen molar-refractivity contribution in [3.8, 4) is 0 Å². The molecule has 0 fully saturated rings.